The summed E-state index contributed by atoms with van der Waals surface area (Å²) in [7, 11) is 0. The van der Waals surface area contributed by atoms with Crippen molar-refractivity contribution in [1.82, 2.24) is 19.8 Å². The van der Waals surface area contributed by atoms with Gasteiger partial charge in [-0.1, -0.05) is 74.0 Å². The summed E-state index contributed by atoms with van der Waals surface area (Å²) in [5.41, 5.74) is 5.20. The highest BCUT2D eigenvalue weighted by atomic mass is 15.3. The van der Waals surface area contributed by atoms with Crippen molar-refractivity contribution in [1.29, 1.82) is 0 Å². The van der Waals surface area contributed by atoms with Crippen LogP contribution >= 0.6 is 0 Å². The molecule has 2 heterocycles. The van der Waals surface area contributed by atoms with Gasteiger partial charge < -0.3 is 4.98 Å². The minimum Gasteiger partial charge on any atom is -0.346 e. The minimum atomic E-state index is 0.322. The molecule has 1 saturated heterocycles. The molecule has 1 aromatic heterocycles. The molecular formula is C26H34N4. The van der Waals surface area contributed by atoms with Crippen LogP contribution in [0.5, 0.6) is 0 Å². The van der Waals surface area contributed by atoms with E-state index in [0.717, 1.165) is 45.0 Å². The molecule has 3 aromatic rings. The van der Waals surface area contributed by atoms with Crippen molar-refractivity contribution in [2.45, 2.75) is 45.7 Å². The zero-order valence-electron chi connectivity index (χ0n) is 18.3. The predicted molar refractivity (Wildman–Crippen MR) is 124 cm³/mol. The van der Waals surface area contributed by atoms with E-state index in [0.29, 0.717) is 6.04 Å². The van der Waals surface area contributed by atoms with E-state index >= 15 is 0 Å². The molecule has 4 rings (SSSR count). The van der Waals surface area contributed by atoms with Gasteiger partial charge >= 0.3 is 0 Å². The Morgan fingerprint density at radius 2 is 1.50 bits per heavy atom. The number of unbranched alkanes of at least 4 members (excludes halogenated alkanes) is 1. The number of aryl methyl sites for hydroxylation is 2. The van der Waals surface area contributed by atoms with Gasteiger partial charge in [0.15, 0.2) is 0 Å². The molecule has 0 radical (unpaired) electrons. The van der Waals surface area contributed by atoms with E-state index in [-0.39, 0.29) is 0 Å². The van der Waals surface area contributed by atoms with Crippen molar-refractivity contribution in [3.05, 3.63) is 89.0 Å². The molecule has 4 nitrogen and oxygen atoms in total. The lowest BCUT2D eigenvalue weighted by Gasteiger charge is -2.39. The Balaban J connectivity index is 1.42. The molecular weight excluding hydrogens is 368 g/mol. The second kappa shape index (κ2) is 10.1. The van der Waals surface area contributed by atoms with E-state index in [9.17, 15) is 0 Å². The highest BCUT2D eigenvalue weighted by molar-refractivity contribution is 5.32. The number of rotatable bonds is 8. The van der Waals surface area contributed by atoms with E-state index in [1.54, 1.807) is 0 Å². The molecule has 0 amide bonds. The van der Waals surface area contributed by atoms with Crippen LogP contribution in [0, 0.1) is 6.92 Å². The van der Waals surface area contributed by atoms with Crippen LogP contribution in [-0.2, 0) is 13.0 Å². The van der Waals surface area contributed by atoms with Crippen LogP contribution in [0.15, 0.2) is 60.7 Å². The number of benzene rings is 2. The normalized spacial score (nSPS) is 15.7. The second-order valence-electron chi connectivity index (χ2n) is 8.39. The average molecular weight is 403 g/mol. The first kappa shape index (κ1) is 20.8. The van der Waals surface area contributed by atoms with E-state index < -0.39 is 0 Å². The highest BCUT2D eigenvalue weighted by Crippen LogP contribution is 2.29. The van der Waals surface area contributed by atoms with Crippen molar-refractivity contribution in [3.63, 3.8) is 0 Å². The largest absolute Gasteiger partial charge is 0.346 e. The third-order valence-electron chi connectivity index (χ3n) is 6.18. The molecule has 4 heteroatoms. The van der Waals surface area contributed by atoms with Gasteiger partial charge in [-0.3, -0.25) is 9.80 Å². The lowest BCUT2D eigenvalue weighted by molar-refractivity contribution is 0.104. The zero-order valence-corrected chi connectivity index (χ0v) is 18.3. The van der Waals surface area contributed by atoms with Gasteiger partial charge in [0, 0.05) is 44.8 Å². The van der Waals surface area contributed by atoms with Crippen molar-refractivity contribution < 1.29 is 0 Å². The predicted octanol–water partition coefficient (Wildman–Crippen LogP) is 4.97. The van der Waals surface area contributed by atoms with E-state index in [1.165, 1.54) is 35.4 Å². The molecule has 30 heavy (non-hydrogen) atoms. The molecule has 0 atom stereocenters. The van der Waals surface area contributed by atoms with Gasteiger partial charge in [0.2, 0.25) is 0 Å². The molecule has 2 aromatic carbocycles. The third kappa shape index (κ3) is 5.00. The first-order chi connectivity index (χ1) is 14.7. The number of nitrogens with zero attached hydrogens (tertiary/aromatic N) is 3. The summed E-state index contributed by atoms with van der Waals surface area (Å²) in [5, 5.41) is 0. The molecule has 0 aliphatic carbocycles. The lowest BCUT2D eigenvalue weighted by Crippen LogP contribution is -2.47. The number of hydrogen-bond donors (Lipinski definition) is 1. The Labute approximate surface area is 181 Å². The van der Waals surface area contributed by atoms with E-state index in [2.05, 4.69) is 89.3 Å². The summed E-state index contributed by atoms with van der Waals surface area (Å²) in [4.78, 5) is 13.6. The maximum absolute atomic E-state index is 4.88. The fraction of sp³-hybridized carbons (Fsp3) is 0.423. The molecule has 1 fully saturated rings. The van der Waals surface area contributed by atoms with Crippen LogP contribution < -0.4 is 0 Å². The van der Waals surface area contributed by atoms with Crippen LogP contribution in [0.3, 0.4) is 0 Å². The Morgan fingerprint density at radius 1 is 0.900 bits per heavy atom. The lowest BCUT2D eigenvalue weighted by atomic mass is 9.96. The van der Waals surface area contributed by atoms with Gasteiger partial charge in [-0.2, -0.15) is 0 Å². The van der Waals surface area contributed by atoms with Crippen molar-refractivity contribution >= 4 is 0 Å². The standard InChI is InChI=1S/C26H34N4/c1-3-4-15-25-27-21(2)24(28-25)20-29-16-18-30(19-17-29)26(22-11-7-5-8-12-22)23-13-9-6-10-14-23/h5-14,26H,3-4,15-20H2,1-2H3,(H,27,28). The summed E-state index contributed by atoms with van der Waals surface area (Å²) in [6, 6.07) is 22.2. The maximum Gasteiger partial charge on any atom is 0.106 e. The molecule has 0 bridgehead atoms. The average Bonchev–Trinajstić information content (AvgIpc) is 3.14. The van der Waals surface area contributed by atoms with Gasteiger partial charge in [0.1, 0.15) is 5.82 Å². The molecule has 158 valence electrons. The Morgan fingerprint density at radius 3 is 2.07 bits per heavy atom. The first-order valence-electron chi connectivity index (χ1n) is 11.3. The fourth-order valence-corrected chi connectivity index (χ4v) is 4.46. The van der Waals surface area contributed by atoms with Gasteiger partial charge in [0.05, 0.1) is 11.7 Å². The van der Waals surface area contributed by atoms with Gasteiger partial charge in [-0.15, -0.1) is 0 Å². The molecule has 0 spiro atoms. The molecule has 1 aliphatic rings. The molecule has 0 saturated carbocycles. The summed E-state index contributed by atoms with van der Waals surface area (Å²) in [6.07, 6.45) is 3.47. The van der Waals surface area contributed by atoms with Crippen LogP contribution in [-0.4, -0.2) is 45.9 Å². The Hall–Kier alpha value is -2.43. The maximum atomic E-state index is 4.88. The fourth-order valence-electron chi connectivity index (χ4n) is 4.46. The van der Waals surface area contributed by atoms with Crippen molar-refractivity contribution in [3.8, 4) is 0 Å². The van der Waals surface area contributed by atoms with Crippen LogP contribution in [0.2, 0.25) is 0 Å². The first-order valence-corrected chi connectivity index (χ1v) is 11.3. The Bertz CT molecular complexity index is 856. The van der Waals surface area contributed by atoms with Crippen LogP contribution in [0.4, 0.5) is 0 Å². The van der Waals surface area contributed by atoms with Crippen molar-refractivity contribution in [2.24, 2.45) is 0 Å². The number of aromatic nitrogens is 2. The number of H-pyrrole nitrogens is 1. The number of hydrogen-bond acceptors (Lipinski definition) is 3. The third-order valence-corrected chi connectivity index (χ3v) is 6.18. The van der Waals surface area contributed by atoms with Gasteiger partial charge in [-0.25, -0.2) is 4.98 Å². The second-order valence-corrected chi connectivity index (χ2v) is 8.39. The molecule has 1 aliphatic heterocycles. The molecule has 0 unspecified atom stereocenters. The highest BCUT2D eigenvalue weighted by Gasteiger charge is 2.26. The van der Waals surface area contributed by atoms with Gasteiger partial charge in [0.25, 0.3) is 0 Å². The monoisotopic (exact) mass is 402 g/mol. The van der Waals surface area contributed by atoms with Gasteiger partial charge in [-0.05, 0) is 24.5 Å². The summed E-state index contributed by atoms with van der Waals surface area (Å²) < 4.78 is 0. The topological polar surface area (TPSA) is 35.2 Å². The van der Waals surface area contributed by atoms with Crippen LogP contribution in [0.1, 0.15) is 54.1 Å². The number of imidazole rings is 1. The Kier molecular flexibility index (Phi) is 6.98. The zero-order chi connectivity index (χ0) is 20.8. The summed E-state index contributed by atoms with van der Waals surface area (Å²) in [5.74, 6) is 1.15. The van der Waals surface area contributed by atoms with Crippen LogP contribution in [0.25, 0.3) is 0 Å². The number of aromatic amines is 1. The summed E-state index contributed by atoms with van der Waals surface area (Å²) >= 11 is 0. The summed E-state index contributed by atoms with van der Waals surface area (Å²) in [6.45, 7) is 9.63. The smallest absolute Gasteiger partial charge is 0.106 e. The number of nitrogens with one attached hydrogen (secondary N) is 1. The number of piperazine rings is 1. The van der Waals surface area contributed by atoms with E-state index in [4.69, 9.17) is 4.98 Å². The van der Waals surface area contributed by atoms with E-state index in [1.807, 2.05) is 0 Å². The minimum absolute atomic E-state index is 0.322. The quantitative estimate of drug-likeness (QED) is 0.578. The van der Waals surface area contributed by atoms with Crippen molar-refractivity contribution in [2.75, 3.05) is 26.2 Å². The SMILES string of the molecule is CCCCc1nc(CN2CCN(C(c3ccccc3)c3ccccc3)CC2)c(C)[nH]1. The molecule has 1 N–H and O–H groups in total.